The van der Waals surface area contributed by atoms with Crippen LogP contribution in [-0.4, -0.2) is 17.4 Å². The molecule has 2 aromatic carbocycles. The molecule has 1 N–H and O–H groups in total. The van der Waals surface area contributed by atoms with E-state index < -0.39 is 4.92 Å². The van der Waals surface area contributed by atoms with Gasteiger partial charge in [-0.3, -0.25) is 14.9 Å². The minimum absolute atomic E-state index is 0.0143. The summed E-state index contributed by atoms with van der Waals surface area (Å²) in [7, 11) is 0. The number of carbonyl (C=O) groups excluding carboxylic acids is 1. The maximum absolute atomic E-state index is 12.0. The van der Waals surface area contributed by atoms with Gasteiger partial charge in [-0.25, -0.2) is 0 Å². The first-order valence-corrected chi connectivity index (χ1v) is 8.67. The Hall–Kier alpha value is -2.41. The van der Waals surface area contributed by atoms with Crippen LogP contribution in [-0.2, 0) is 4.79 Å². The molecule has 0 saturated heterocycles. The monoisotopic (exact) mass is 406 g/mol. The van der Waals surface area contributed by atoms with Crippen molar-refractivity contribution in [3.63, 3.8) is 0 Å². The van der Waals surface area contributed by atoms with Crippen LogP contribution in [0.15, 0.2) is 53.0 Å². The molecule has 0 aliphatic heterocycles. The van der Waals surface area contributed by atoms with E-state index in [1.807, 2.05) is 24.3 Å². The van der Waals surface area contributed by atoms with E-state index in [2.05, 4.69) is 21.2 Å². The molecular formula is C18H19BrN2O4. The van der Waals surface area contributed by atoms with Gasteiger partial charge >= 0.3 is 0 Å². The molecule has 0 saturated carbocycles. The maximum atomic E-state index is 12.0. The fourth-order valence-corrected chi connectivity index (χ4v) is 2.68. The lowest BCUT2D eigenvalue weighted by atomic mass is 10.1. The van der Waals surface area contributed by atoms with Crippen LogP contribution in [0.5, 0.6) is 5.75 Å². The summed E-state index contributed by atoms with van der Waals surface area (Å²) < 4.78 is 6.49. The van der Waals surface area contributed by atoms with Gasteiger partial charge in [0.1, 0.15) is 5.75 Å². The van der Waals surface area contributed by atoms with Gasteiger partial charge in [0.15, 0.2) is 0 Å². The lowest BCUT2D eigenvalue weighted by Crippen LogP contribution is -2.26. The standard InChI is InChI=1S/C18H19BrN2O4/c1-13(14-6-4-7-15(12-14)21(23)24)20-18(22)10-5-11-25-17-9-3-2-8-16(17)19/h2-4,6-9,12-13H,5,10-11H2,1H3,(H,20,22)/t13-/m0/s1. The third-order valence-corrected chi connectivity index (χ3v) is 4.26. The fraction of sp³-hybridized carbons (Fsp3) is 0.278. The number of hydrogen-bond acceptors (Lipinski definition) is 4. The Balaban J connectivity index is 1.77. The number of carbonyl (C=O) groups is 1. The summed E-state index contributed by atoms with van der Waals surface area (Å²) >= 11 is 3.40. The molecule has 0 bridgehead atoms. The van der Waals surface area contributed by atoms with Crippen molar-refractivity contribution in [2.24, 2.45) is 0 Å². The van der Waals surface area contributed by atoms with E-state index in [1.54, 1.807) is 19.1 Å². The van der Waals surface area contributed by atoms with E-state index in [1.165, 1.54) is 12.1 Å². The number of amides is 1. The van der Waals surface area contributed by atoms with Gasteiger partial charge in [-0.1, -0.05) is 24.3 Å². The molecule has 1 atom stereocenters. The zero-order valence-corrected chi connectivity index (χ0v) is 15.4. The molecule has 0 fully saturated rings. The van der Waals surface area contributed by atoms with E-state index in [9.17, 15) is 14.9 Å². The van der Waals surface area contributed by atoms with Crippen molar-refractivity contribution in [1.82, 2.24) is 5.32 Å². The van der Waals surface area contributed by atoms with Crippen LogP contribution in [0.3, 0.4) is 0 Å². The van der Waals surface area contributed by atoms with Crippen LogP contribution < -0.4 is 10.1 Å². The molecule has 0 heterocycles. The van der Waals surface area contributed by atoms with Crippen LogP contribution in [0.25, 0.3) is 0 Å². The first kappa shape index (κ1) is 18.9. The number of hydrogen-bond donors (Lipinski definition) is 1. The predicted octanol–water partition coefficient (Wildman–Crippen LogP) is 4.39. The topological polar surface area (TPSA) is 81.5 Å². The number of para-hydroxylation sites is 1. The minimum atomic E-state index is -0.447. The third kappa shape index (κ3) is 5.86. The Kier molecular flexibility index (Phi) is 6.94. The molecule has 0 aliphatic rings. The lowest BCUT2D eigenvalue weighted by Gasteiger charge is -2.14. The Morgan fingerprint density at radius 1 is 1.28 bits per heavy atom. The zero-order valence-electron chi connectivity index (χ0n) is 13.8. The molecule has 0 aromatic heterocycles. The second-order valence-corrected chi connectivity index (χ2v) is 6.38. The van der Waals surface area contributed by atoms with Crippen molar-refractivity contribution in [1.29, 1.82) is 0 Å². The van der Waals surface area contributed by atoms with Crippen molar-refractivity contribution in [3.05, 3.63) is 68.7 Å². The van der Waals surface area contributed by atoms with E-state index in [4.69, 9.17) is 4.74 Å². The number of nitrogens with one attached hydrogen (secondary N) is 1. The number of rotatable bonds is 8. The van der Waals surface area contributed by atoms with Crippen LogP contribution in [0, 0.1) is 10.1 Å². The molecule has 132 valence electrons. The number of ether oxygens (including phenoxy) is 1. The molecule has 0 radical (unpaired) electrons. The molecule has 0 spiro atoms. The first-order valence-electron chi connectivity index (χ1n) is 7.88. The average Bonchev–Trinajstić information content (AvgIpc) is 2.60. The van der Waals surface area contributed by atoms with Gasteiger partial charge in [0.25, 0.3) is 5.69 Å². The highest BCUT2D eigenvalue weighted by atomic mass is 79.9. The van der Waals surface area contributed by atoms with Crippen LogP contribution >= 0.6 is 15.9 Å². The lowest BCUT2D eigenvalue weighted by molar-refractivity contribution is -0.384. The smallest absolute Gasteiger partial charge is 0.269 e. The molecule has 0 aliphatic carbocycles. The Morgan fingerprint density at radius 3 is 2.76 bits per heavy atom. The molecule has 2 aromatic rings. The molecule has 25 heavy (non-hydrogen) atoms. The van der Waals surface area contributed by atoms with Crippen molar-refractivity contribution in [2.75, 3.05) is 6.61 Å². The van der Waals surface area contributed by atoms with Gasteiger partial charge in [-0.05, 0) is 47.0 Å². The summed E-state index contributed by atoms with van der Waals surface area (Å²) in [4.78, 5) is 22.4. The van der Waals surface area contributed by atoms with Crippen molar-refractivity contribution >= 4 is 27.5 Å². The summed E-state index contributed by atoms with van der Waals surface area (Å²) in [5.41, 5.74) is 0.715. The quantitative estimate of drug-likeness (QED) is 0.400. The zero-order chi connectivity index (χ0) is 18.2. The van der Waals surface area contributed by atoms with E-state index >= 15 is 0 Å². The molecule has 7 heteroatoms. The highest BCUT2D eigenvalue weighted by Gasteiger charge is 2.13. The van der Waals surface area contributed by atoms with E-state index in [0.29, 0.717) is 25.0 Å². The summed E-state index contributed by atoms with van der Waals surface area (Å²) in [6.45, 7) is 2.23. The van der Waals surface area contributed by atoms with Gasteiger partial charge < -0.3 is 10.1 Å². The molecule has 0 unspecified atom stereocenters. The molecule has 1 amide bonds. The second-order valence-electron chi connectivity index (χ2n) is 5.52. The van der Waals surface area contributed by atoms with Gasteiger partial charge in [-0.2, -0.15) is 0 Å². The number of halogens is 1. The van der Waals surface area contributed by atoms with E-state index in [0.717, 1.165) is 10.2 Å². The Morgan fingerprint density at radius 2 is 2.04 bits per heavy atom. The van der Waals surface area contributed by atoms with Crippen LogP contribution in [0.2, 0.25) is 0 Å². The Labute approximate surface area is 154 Å². The highest BCUT2D eigenvalue weighted by Crippen LogP contribution is 2.24. The van der Waals surface area contributed by atoms with Crippen molar-refractivity contribution in [2.45, 2.75) is 25.8 Å². The number of non-ortho nitro benzene ring substituents is 1. The van der Waals surface area contributed by atoms with Gasteiger partial charge in [-0.15, -0.1) is 0 Å². The number of nitrogens with zero attached hydrogens (tertiary/aromatic N) is 1. The third-order valence-electron chi connectivity index (χ3n) is 3.60. The second kappa shape index (κ2) is 9.17. The summed E-state index contributed by atoms with van der Waals surface area (Å²) in [6, 6.07) is 13.5. The molecule has 6 nitrogen and oxygen atoms in total. The van der Waals surface area contributed by atoms with Crippen LogP contribution in [0.4, 0.5) is 5.69 Å². The summed E-state index contributed by atoms with van der Waals surface area (Å²) in [6.07, 6.45) is 0.901. The Bertz CT molecular complexity index is 751. The fourth-order valence-electron chi connectivity index (χ4n) is 2.28. The number of nitro benzene ring substituents is 1. The van der Waals surface area contributed by atoms with E-state index in [-0.39, 0.29) is 17.6 Å². The minimum Gasteiger partial charge on any atom is -0.492 e. The van der Waals surface area contributed by atoms with Gasteiger partial charge in [0.2, 0.25) is 5.91 Å². The van der Waals surface area contributed by atoms with Crippen molar-refractivity contribution in [3.8, 4) is 5.75 Å². The number of benzene rings is 2. The number of nitro groups is 1. The molecule has 2 rings (SSSR count). The largest absolute Gasteiger partial charge is 0.492 e. The SMILES string of the molecule is C[C@H](NC(=O)CCCOc1ccccc1Br)c1cccc([N+](=O)[O-])c1. The van der Waals surface area contributed by atoms with Crippen molar-refractivity contribution < 1.29 is 14.5 Å². The normalized spacial score (nSPS) is 11.6. The maximum Gasteiger partial charge on any atom is 0.269 e. The summed E-state index contributed by atoms with van der Waals surface area (Å²) in [5, 5.41) is 13.7. The summed E-state index contributed by atoms with van der Waals surface area (Å²) in [5.74, 6) is 0.627. The van der Waals surface area contributed by atoms with Crippen LogP contribution in [0.1, 0.15) is 31.4 Å². The first-order chi connectivity index (χ1) is 12.0. The average molecular weight is 407 g/mol. The predicted molar refractivity (Wildman–Crippen MR) is 98.5 cm³/mol. The van der Waals surface area contributed by atoms with Gasteiger partial charge in [0.05, 0.1) is 22.0 Å². The van der Waals surface area contributed by atoms with Gasteiger partial charge in [0, 0.05) is 18.6 Å². The highest BCUT2D eigenvalue weighted by molar-refractivity contribution is 9.10. The molecular weight excluding hydrogens is 388 g/mol.